The van der Waals surface area contributed by atoms with Crippen molar-refractivity contribution in [2.24, 2.45) is 5.92 Å². The number of carbonyl (C=O) groups is 2. The van der Waals surface area contributed by atoms with Crippen molar-refractivity contribution >= 4 is 23.2 Å². The van der Waals surface area contributed by atoms with E-state index in [2.05, 4.69) is 10.6 Å². The maximum Gasteiger partial charge on any atom is 0.227 e. The van der Waals surface area contributed by atoms with Crippen molar-refractivity contribution in [1.82, 2.24) is 0 Å². The minimum absolute atomic E-state index is 0.0235. The molecule has 1 aliphatic heterocycles. The molecule has 4 rings (SSSR count). The van der Waals surface area contributed by atoms with Crippen molar-refractivity contribution < 1.29 is 14.3 Å². The van der Waals surface area contributed by atoms with Crippen molar-refractivity contribution in [3.8, 4) is 11.5 Å². The number of benzene rings is 3. The number of fused-ring (bicyclic) bond motifs is 1. The van der Waals surface area contributed by atoms with Gasteiger partial charge in [0, 0.05) is 18.0 Å². The second-order valence-corrected chi connectivity index (χ2v) is 7.55. The average molecular weight is 400 g/mol. The minimum atomic E-state index is -0.204. The number of anilines is 2. The zero-order valence-corrected chi connectivity index (χ0v) is 16.9. The molecule has 1 atom stereocenters. The highest BCUT2D eigenvalue weighted by Gasteiger charge is 2.26. The Morgan fingerprint density at radius 2 is 1.77 bits per heavy atom. The van der Waals surface area contributed by atoms with Crippen molar-refractivity contribution in [2.45, 2.75) is 26.2 Å². The highest BCUT2D eigenvalue weighted by molar-refractivity contribution is 5.97. The largest absolute Gasteiger partial charge is 0.455 e. The van der Waals surface area contributed by atoms with Gasteiger partial charge in [0.25, 0.3) is 0 Å². The van der Waals surface area contributed by atoms with Crippen molar-refractivity contribution in [1.29, 1.82) is 0 Å². The first-order valence-corrected chi connectivity index (χ1v) is 10.1. The van der Waals surface area contributed by atoms with Gasteiger partial charge in [-0.25, -0.2) is 0 Å². The molecule has 0 aromatic heterocycles. The molecule has 3 aromatic carbocycles. The quantitative estimate of drug-likeness (QED) is 0.589. The van der Waals surface area contributed by atoms with E-state index in [1.165, 1.54) is 0 Å². The topological polar surface area (TPSA) is 67.4 Å². The van der Waals surface area contributed by atoms with Crippen LogP contribution in [0, 0.1) is 12.8 Å². The second kappa shape index (κ2) is 8.82. The summed E-state index contributed by atoms with van der Waals surface area (Å²) in [7, 11) is 0. The molecule has 0 saturated heterocycles. The van der Waals surface area contributed by atoms with Crippen LogP contribution < -0.4 is 15.4 Å². The number of amides is 2. The molecule has 5 heteroatoms. The number of aryl methyl sites for hydroxylation is 1. The fourth-order valence-corrected chi connectivity index (χ4v) is 3.56. The van der Waals surface area contributed by atoms with Gasteiger partial charge >= 0.3 is 0 Å². The molecule has 0 spiro atoms. The first kappa shape index (κ1) is 19.7. The van der Waals surface area contributed by atoms with E-state index in [9.17, 15) is 9.59 Å². The molecule has 0 bridgehead atoms. The summed E-state index contributed by atoms with van der Waals surface area (Å²) in [6.07, 6.45) is 1.41. The fourth-order valence-electron chi connectivity index (χ4n) is 3.56. The summed E-state index contributed by atoms with van der Waals surface area (Å²) >= 11 is 0. The third-order valence-electron chi connectivity index (χ3n) is 5.24. The minimum Gasteiger partial charge on any atom is -0.455 e. The Morgan fingerprint density at radius 1 is 1.03 bits per heavy atom. The van der Waals surface area contributed by atoms with E-state index >= 15 is 0 Å². The summed E-state index contributed by atoms with van der Waals surface area (Å²) in [6, 6.07) is 22.9. The van der Waals surface area contributed by atoms with Gasteiger partial charge in [-0.15, -0.1) is 0 Å². The zero-order valence-electron chi connectivity index (χ0n) is 16.9. The third kappa shape index (κ3) is 4.69. The molecule has 0 fully saturated rings. The Labute approximate surface area is 176 Å². The van der Waals surface area contributed by atoms with Gasteiger partial charge in [0.1, 0.15) is 5.75 Å². The maximum atomic E-state index is 12.6. The van der Waals surface area contributed by atoms with E-state index in [0.717, 1.165) is 16.8 Å². The van der Waals surface area contributed by atoms with Crippen LogP contribution >= 0.6 is 0 Å². The smallest absolute Gasteiger partial charge is 0.227 e. The molecule has 5 nitrogen and oxygen atoms in total. The first-order chi connectivity index (χ1) is 14.6. The van der Waals surface area contributed by atoms with Crippen molar-refractivity contribution in [3.05, 3.63) is 83.9 Å². The highest BCUT2D eigenvalue weighted by atomic mass is 16.5. The van der Waals surface area contributed by atoms with Gasteiger partial charge in [0.05, 0.1) is 5.69 Å². The molecule has 1 aliphatic rings. The van der Waals surface area contributed by atoms with E-state index in [-0.39, 0.29) is 24.2 Å². The zero-order chi connectivity index (χ0) is 20.9. The molecule has 30 heavy (non-hydrogen) atoms. The number of ether oxygens (including phenoxy) is 1. The lowest BCUT2D eigenvalue weighted by Crippen LogP contribution is -2.30. The molecule has 152 valence electrons. The van der Waals surface area contributed by atoms with Gasteiger partial charge in [-0.05, 0) is 55.7 Å². The third-order valence-corrected chi connectivity index (χ3v) is 5.24. The monoisotopic (exact) mass is 400 g/mol. The fraction of sp³-hybridized carbons (Fsp3) is 0.200. The highest BCUT2D eigenvalue weighted by Crippen LogP contribution is 2.30. The molecule has 2 N–H and O–H groups in total. The SMILES string of the molecule is Cc1ccc(Oc2ccccc2NC(=O)CCC2Cc3ccccc3NC2=O)cc1. The summed E-state index contributed by atoms with van der Waals surface area (Å²) in [4.78, 5) is 24.9. The molecular formula is C25H24N2O3. The van der Waals surface area contributed by atoms with Gasteiger partial charge in [-0.2, -0.15) is 0 Å². The van der Waals surface area contributed by atoms with Crippen molar-refractivity contribution in [3.63, 3.8) is 0 Å². The van der Waals surface area contributed by atoms with Gasteiger partial charge in [-0.3, -0.25) is 9.59 Å². The van der Waals surface area contributed by atoms with E-state index in [4.69, 9.17) is 4.74 Å². The number of para-hydroxylation sites is 3. The molecule has 3 aromatic rings. The van der Waals surface area contributed by atoms with E-state index in [1.807, 2.05) is 79.7 Å². The Hall–Kier alpha value is -3.60. The molecular weight excluding hydrogens is 376 g/mol. The van der Waals surface area contributed by atoms with Crippen LogP contribution in [-0.4, -0.2) is 11.8 Å². The Kier molecular flexibility index (Phi) is 5.80. The van der Waals surface area contributed by atoms with Gasteiger partial charge in [-0.1, -0.05) is 48.0 Å². The van der Waals surface area contributed by atoms with Gasteiger partial charge < -0.3 is 15.4 Å². The van der Waals surface area contributed by atoms with Crippen molar-refractivity contribution in [2.75, 3.05) is 10.6 Å². The number of hydrogen-bond donors (Lipinski definition) is 2. The number of nitrogens with one attached hydrogen (secondary N) is 2. The molecule has 0 saturated carbocycles. The Morgan fingerprint density at radius 3 is 2.60 bits per heavy atom. The van der Waals surface area contributed by atoms with Crippen LogP contribution in [-0.2, 0) is 16.0 Å². The second-order valence-electron chi connectivity index (χ2n) is 7.55. The molecule has 2 amide bonds. The summed E-state index contributed by atoms with van der Waals surface area (Å²) in [5.74, 6) is 0.926. The Bertz CT molecular complexity index is 1060. The summed E-state index contributed by atoms with van der Waals surface area (Å²) < 4.78 is 5.94. The summed E-state index contributed by atoms with van der Waals surface area (Å²) in [5, 5.41) is 5.85. The predicted octanol–water partition coefficient (Wildman–Crippen LogP) is 5.32. The predicted molar refractivity (Wildman–Crippen MR) is 118 cm³/mol. The average Bonchev–Trinajstić information content (AvgIpc) is 2.75. The van der Waals surface area contributed by atoms with Crippen LogP contribution in [0.1, 0.15) is 24.0 Å². The summed E-state index contributed by atoms with van der Waals surface area (Å²) in [5.41, 5.74) is 3.74. The molecule has 1 unspecified atom stereocenters. The van der Waals surface area contributed by atoms with Crippen LogP contribution in [0.15, 0.2) is 72.8 Å². The number of hydrogen-bond acceptors (Lipinski definition) is 3. The van der Waals surface area contributed by atoms with Crippen LogP contribution in [0.4, 0.5) is 11.4 Å². The Balaban J connectivity index is 1.37. The standard InChI is InChI=1S/C25H24N2O3/c1-17-10-13-20(14-11-17)30-23-9-5-4-8-22(23)26-24(28)15-12-19-16-18-6-2-3-7-21(18)27-25(19)29/h2-11,13-14,19H,12,15-16H2,1H3,(H,26,28)(H,27,29). The lowest BCUT2D eigenvalue weighted by Gasteiger charge is -2.24. The normalized spacial score (nSPS) is 15.1. The molecule has 1 heterocycles. The lowest BCUT2D eigenvalue weighted by atomic mass is 9.89. The maximum absolute atomic E-state index is 12.6. The lowest BCUT2D eigenvalue weighted by molar-refractivity contribution is -0.121. The van der Waals surface area contributed by atoms with Gasteiger partial charge in [0.15, 0.2) is 5.75 Å². The summed E-state index contributed by atoms with van der Waals surface area (Å²) in [6.45, 7) is 2.02. The molecule has 0 aliphatic carbocycles. The van der Waals surface area contributed by atoms with E-state index in [0.29, 0.717) is 30.0 Å². The van der Waals surface area contributed by atoms with Crippen LogP contribution in [0.2, 0.25) is 0 Å². The van der Waals surface area contributed by atoms with Crippen LogP contribution in [0.3, 0.4) is 0 Å². The van der Waals surface area contributed by atoms with Crippen LogP contribution in [0.5, 0.6) is 11.5 Å². The number of carbonyl (C=O) groups excluding carboxylic acids is 2. The van der Waals surface area contributed by atoms with E-state index in [1.54, 1.807) is 0 Å². The number of rotatable bonds is 6. The first-order valence-electron chi connectivity index (χ1n) is 10.1. The molecule has 0 radical (unpaired) electrons. The van der Waals surface area contributed by atoms with E-state index < -0.39 is 0 Å². The van der Waals surface area contributed by atoms with Gasteiger partial charge in [0.2, 0.25) is 11.8 Å². The van der Waals surface area contributed by atoms with Crippen LogP contribution in [0.25, 0.3) is 0 Å².